The van der Waals surface area contributed by atoms with Crippen molar-refractivity contribution in [2.75, 3.05) is 6.61 Å². The first-order chi connectivity index (χ1) is 11.3. The summed E-state index contributed by atoms with van der Waals surface area (Å²) in [6, 6.07) is 5.49. The average molecular weight is 552 g/mol. The molecule has 0 radical (unpaired) electrons. The number of nitrogens with zero attached hydrogens (tertiary/aromatic N) is 1. The minimum Gasteiger partial charge on any atom is -0.507 e. The van der Waals surface area contributed by atoms with Crippen molar-refractivity contribution < 1.29 is 19.4 Å². The number of rotatable bonds is 3. The molecule has 8 heteroatoms. The molecule has 0 fully saturated rings. The van der Waals surface area contributed by atoms with Gasteiger partial charge in [-0.25, -0.2) is 4.79 Å². The summed E-state index contributed by atoms with van der Waals surface area (Å²) in [6.45, 7) is 3.45. The fraction of sp³-hybridized carbons (Fsp3) is 0.250. The largest absolute Gasteiger partial charge is 0.507 e. The molecular formula is C16H14I2N2O4. The van der Waals surface area contributed by atoms with Crippen molar-refractivity contribution in [3.05, 3.63) is 47.6 Å². The maximum atomic E-state index is 12.4. The molecule has 6 nitrogen and oxygen atoms in total. The lowest BCUT2D eigenvalue weighted by molar-refractivity contribution is -0.139. The van der Waals surface area contributed by atoms with E-state index < -0.39 is 11.9 Å². The number of phenolic OH excluding ortho intramolecular Hbond substituents is 1. The molecule has 0 bridgehead atoms. The van der Waals surface area contributed by atoms with E-state index in [1.807, 2.05) is 28.7 Å². The number of halogens is 2. The number of nitriles is 1. The van der Waals surface area contributed by atoms with Gasteiger partial charge in [-0.1, -0.05) is 0 Å². The molecule has 1 aromatic rings. The number of esters is 1. The van der Waals surface area contributed by atoms with Crippen LogP contribution in [0.5, 0.6) is 5.75 Å². The molecule has 1 unspecified atom stereocenters. The maximum Gasteiger partial charge on any atom is 0.338 e. The standard InChI is InChI=1S/C16H14I2N2O4/c1-3-23-16(22)12-7(2)24-15(20)10(6-19)13(12)9-4-8(17)5-11(18)14(9)21/h4-5,13,21H,3,20H2,1-2H3. The van der Waals surface area contributed by atoms with E-state index in [4.69, 9.17) is 15.2 Å². The van der Waals surface area contributed by atoms with E-state index in [1.165, 1.54) is 0 Å². The highest BCUT2D eigenvalue weighted by molar-refractivity contribution is 14.1. The van der Waals surface area contributed by atoms with E-state index in [1.54, 1.807) is 26.0 Å². The molecule has 1 atom stereocenters. The molecule has 1 aromatic carbocycles. The van der Waals surface area contributed by atoms with Crippen molar-refractivity contribution in [3.8, 4) is 11.8 Å². The van der Waals surface area contributed by atoms with Gasteiger partial charge in [-0.3, -0.25) is 0 Å². The van der Waals surface area contributed by atoms with Crippen LogP contribution in [0.2, 0.25) is 0 Å². The summed E-state index contributed by atoms with van der Waals surface area (Å²) in [5.74, 6) is -1.28. The second-order valence-electron chi connectivity index (χ2n) is 4.94. The average Bonchev–Trinajstić information content (AvgIpc) is 2.50. The van der Waals surface area contributed by atoms with E-state index in [0.29, 0.717) is 9.13 Å². The summed E-state index contributed by atoms with van der Waals surface area (Å²) in [6.07, 6.45) is 0. The first kappa shape index (κ1) is 18.9. The van der Waals surface area contributed by atoms with Gasteiger partial charge in [-0.05, 0) is 71.2 Å². The van der Waals surface area contributed by atoms with Crippen molar-refractivity contribution in [2.24, 2.45) is 5.73 Å². The summed E-state index contributed by atoms with van der Waals surface area (Å²) in [5.41, 5.74) is 6.48. The van der Waals surface area contributed by atoms with Crippen LogP contribution in [0.25, 0.3) is 0 Å². The number of ether oxygens (including phenoxy) is 2. The van der Waals surface area contributed by atoms with E-state index in [0.717, 1.165) is 3.57 Å². The van der Waals surface area contributed by atoms with Gasteiger partial charge >= 0.3 is 5.97 Å². The van der Waals surface area contributed by atoms with Crippen LogP contribution in [0, 0.1) is 18.5 Å². The Bertz CT molecular complexity index is 809. The van der Waals surface area contributed by atoms with Crippen molar-refractivity contribution >= 4 is 51.2 Å². The lowest BCUT2D eigenvalue weighted by Gasteiger charge is -2.27. The number of hydrogen-bond acceptors (Lipinski definition) is 6. The van der Waals surface area contributed by atoms with Crippen LogP contribution in [0.15, 0.2) is 34.9 Å². The SMILES string of the molecule is CCOC(=O)C1=C(C)OC(N)=C(C#N)C1c1cc(I)cc(I)c1O. The Morgan fingerprint density at radius 1 is 1.50 bits per heavy atom. The third kappa shape index (κ3) is 3.46. The fourth-order valence-electron chi connectivity index (χ4n) is 2.47. The van der Waals surface area contributed by atoms with E-state index in [-0.39, 0.29) is 35.1 Å². The van der Waals surface area contributed by atoms with Crippen LogP contribution < -0.4 is 5.73 Å². The van der Waals surface area contributed by atoms with Crippen molar-refractivity contribution in [1.29, 1.82) is 5.26 Å². The normalized spacial score (nSPS) is 17.4. The predicted octanol–water partition coefficient (Wildman–Crippen LogP) is 3.25. The maximum absolute atomic E-state index is 12.4. The molecule has 3 N–H and O–H groups in total. The number of phenols is 1. The monoisotopic (exact) mass is 552 g/mol. The number of allylic oxidation sites excluding steroid dienone is 2. The zero-order valence-electron chi connectivity index (χ0n) is 12.9. The zero-order chi connectivity index (χ0) is 18.0. The van der Waals surface area contributed by atoms with Crippen LogP contribution >= 0.6 is 45.2 Å². The Morgan fingerprint density at radius 2 is 2.17 bits per heavy atom. The van der Waals surface area contributed by atoms with Crippen LogP contribution in [0.4, 0.5) is 0 Å². The minimum atomic E-state index is -0.842. The number of hydrogen-bond donors (Lipinski definition) is 2. The van der Waals surface area contributed by atoms with Gasteiger partial charge in [-0.2, -0.15) is 5.26 Å². The minimum absolute atomic E-state index is 0.00179. The summed E-state index contributed by atoms with van der Waals surface area (Å²) >= 11 is 4.10. The number of benzene rings is 1. The van der Waals surface area contributed by atoms with E-state index in [2.05, 4.69) is 22.6 Å². The quantitative estimate of drug-likeness (QED) is 0.441. The smallest absolute Gasteiger partial charge is 0.338 e. The van der Waals surface area contributed by atoms with Gasteiger partial charge in [0.1, 0.15) is 23.2 Å². The summed E-state index contributed by atoms with van der Waals surface area (Å²) in [5, 5.41) is 20.0. The first-order valence-electron chi connectivity index (χ1n) is 6.95. The van der Waals surface area contributed by atoms with Crippen LogP contribution in [-0.2, 0) is 14.3 Å². The van der Waals surface area contributed by atoms with Gasteiger partial charge in [0.25, 0.3) is 0 Å². The molecule has 0 amide bonds. The van der Waals surface area contributed by atoms with Gasteiger partial charge in [0.2, 0.25) is 5.88 Å². The van der Waals surface area contributed by atoms with Crippen LogP contribution in [0.1, 0.15) is 25.3 Å². The molecular weight excluding hydrogens is 538 g/mol. The van der Waals surface area contributed by atoms with E-state index in [9.17, 15) is 15.2 Å². The molecule has 1 heterocycles. The highest BCUT2D eigenvalue weighted by atomic mass is 127. The van der Waals surface area contributed by atoms with Gasteiger partial charge in [0.05, 0.1) is 21.7 Å². The molecule has 1 aliphatic heterocycles. The Labute approximate surface area is 166 Å². The molecule has 0 spiro atoms. The molecule has 24 heavy (non-hydrogen) atoms. The van der Waals surface area contributed by atoms with Crippen molar-refractivity contribution in [2.45, 2.75) is 19.8 Å². The summed E-state index contributed by atoms with van der Waals surface area (Å²) in [7, 11) is 0. The Morgan fingerprint density at radius 3 is 2.75 bits per heavy atom. The Balaban J connectivity index is 2.75. The van der Waals surface area contributed by atoms with Crippen molar-refractivity contribution in [1.82, 2.24) is 0 Å². The molecule has 0 saturated carbocycles. The topological polar surface area (TPSA) is 106 Å². The van der Waals surface area contributed by atoms with Crippen LogP contribution in [-0.4, -0.2) is 17.7 Å². The molecule has 2 rings (SSSR count). The van der Waals surface area contributed by atoms with E-state index >= 15 is 0 Å². The lowest BCUT2D eigenvalue weighted by atomic mass is 9.82. The second-order valence-corrected chi connectivity index (χ2v) is 7.35. The lowest BCUT2D eigenvalue weighted by Crippen LogP contribution is -2.25. The predicted molar refractivity (Wildman–Crippen MR) is 104 cm³/mol. The third-order valence-electron chi connectivity index (χ3n) is 3.47. The molecule has 0 aliphatic carbocycles. The van der Waals surface area contributed by atoms with Gasteiger partial charge in [0, 0.05) is 9.13 Å². The Hall–Kier alpha value is -1.48. The molecule has 0 saturated heterocycles. The molecule has 126 valence electrons. The zero-order valence-corrected chi connectivity index (χ0v) is 17.2. The fourth-order valence-corrected chi connectivity index (χ4v) is 4.36. The van der Waals surface area contributed by atoms with Crippen molar-refractivity contribution in [3.63, 3.8) is 0 Å². The number of nitrogens with two attached hydrogens (primary N) is 1. The molecule has 0 aromatic heterocycles. The summed E-state index contributed by atoms with van der Waals surface area (Å²) < 4.78 is 11.9. The number of carbonyl (C=O) groups excluding carboxylic acids is 1. The number of carbonyl (C=O) groups is 1. The van der Waals surface area contributed by atoms with Gasteiger partial charge in [0.15, 0.2) is 0 Å². The van der Waals surface area contributed by atoms with Gasteiger partial charge < -0.3 is 20.3 Å². The van der Waals surface area contributed by atoms with Gasteiger partial charge in [-0.15, -0.1) is 0 Å². The molecule has 1 aliphatic rings. The highest BCUT2D eigenvalue weighted by Gasteiger charge is 2.38. The second kappa shape index (κ2) is 7.60. The summed E-state index contributed by atoms with van der Waals surface area (Å²) in [4.78, 5) is 12.4. The third-order valence-corrected chi connectivity index (χ3v) is 4.91. The number of aromatic hydroxyl groups is 1. The Kier molecular flexibility index (Phi) is 5.97. The highest BCUT2D eigenvalue weighted by Crippen LogP contribution is 2.44. The first-order valence-corrected chi connectivity index (χ1v) is 9.10. The van der Waals surface area contributed by atoms with Crippen LogP contribution in [0.3, 0.4) is 0 Å².